The minimum absolute atomic E-state index is 0.0934. The van der Waals surface area contributed by atoms with Gasteiger partial charge in [0.05, 0.1) is 13.2 Å². The fourth-order valence-electron chi connectivity index (χ4n) is 1.64. The zero-order valence-electron chi connectivity index (χ0n) is 11.1. The molecule has 1 rings (SSSR count). The molecular formula is C13H15BrF3NO2. The zero-order chi connectivity index (χ0) is 15.4. The van der Waals surface area contributed by atoms with Crippen LogP contribution in [0.4, 0.5) is 13.2 Å². The molecule has 0 saturated carbocycles. The van der Waals surface area contributed by atoms with Crippen molar-refractivity contribution in [3.63, 3.8) is 0 Å². The number of rotatable bonds is 5. The van der Waals surface area contributed by atoms with Gasteiger partial charge in [0, 0.05) is 4.47 Å². The number of ether oxygens (including phenoxy) is 1. The summed E-state index contributed by atoms with van der Waals surface area (Å²) in [5.41, 5.74) is -1.16. The van der Waals surface area contributed by atoms with Gasteiger partial charge in [-0.2, -0.15) is 13.2 Å². The Morgan fingerprint density at radius 2 is 2.05 bits per heavy atom. The molecule has 0 aromatic heterocycles. The van der Waals surface area contributed by atoms with Crippen LogP contribution in [0.5, 0.6) is 0 Å². The molecule has 0 aliphatic heterocycles. The summed E-state index contributed by atoms with van der Waals surface area (Å²) >= 11 is 3.23. The number of esters is 1. The van der Waals surface area contributed by atoms with Gasteiger partial charge in [-0.25, -0.2) is 4.79 Å². The SMILES string of the molecule is CCOC(=O)C(C)(NCC(F)(F)F)c1cccc(Br)c1. The third-order valence-electron chi connectivity index (χ3n) is 2.73. The van der Waals surface area contributed by atoms with Crippen molar-refractivity contribution in [2.24, 2.45) is 0 Å². The van der Waals surface area contributed by atoms with Gasteiger partial charge in [-0.1, -0.05) is 28.1 Å². The lowest BCUT2D eigenvalue weighted by Gasteiger charge is -2.29. The topological polar surface area (TPSA) is 38.3 Å². The van der Waals surface area contributed by atoms with E-state index in [0.717, 1.165) is 0 Å². The molecule has 1 atom stereocenters. The van der Waals surface area contributed by atoms with Gasteiger partial charge in [0.15, 0.2) is 0 Å². The van der Waals surface area contributed by atoms with Crippen LogP contribution in [0, 0.1) is 0 Å². The Labute approximate surface area is 123 Å². The molecule has 0 heterocycles. The molecule has 0 aliphatic carbocycles. The van der Waals surface area contributed by atoms with Crippen molar-refractivity contribution < 1.29 is 22.7 Å². The average molecular weight is 354 g/mol. The van der Waals surface area contributed by atoms with Crippen molar-refractivity contribution in [2.45, 2.75) is 25.6 Å². The number of halogens is 4. The quantitative estimate of drug-likeness (QED) is 0.824. The van der Waals surface area contributed by atoms with Gasteiger partial charge in [-0.15, -0.1) is 0 Å². The number of carbonyl (C=O) groups excluding carboxylic acids is 1. The maximum absolute atomic E-state index is 12.4. The monoisotopic (exact) mass is 353 g/mol. The molecule has 0 amide bonds. The standard InChI is InChI=1S/C13H15BrF3NO2/c1-3-20-11(19)12(2,18-8-13(15,16)17)9-5-4-6-10(14)7-9/h4-7,18H,3,8H2,1-2H3. The predicted octanol–water partition coefficient (Wildman–Crippen LogP) is 3.38. The van der Waals surface area contributed by atoms with Crippen LogP contribution in [-0.2, 0) is 15.1 Å². The molecular weight excluding hydrogens is 339 g/mol. The van der Waals surface area contributed by atoms with Gasteiger partial charge in [0.2, 0.25) is 0 Å². The van der Waals surface area contributed by atoms with Crippen molar-refractivity contribution in [1.29, 1.82) is 0 Å². The zero-order valence-corrected chi connectivity index (χ0v) is 12.6. The number of nitrogens with one attached hydrogen (secondary N) is 1. The number of alkyl halides is 3. The fraction of sp³-hybridized carbons (Fsp3) is 0.462. The molecule has 0 aliphatic rings. The van der Waals surface area contributed by atoms with Crippen LogP contribution in [0.3, 0.4) is 0 Å². The molecule has 112 valence electrons. The summed E-state index contributed by atoms with van der Waals surface area (Å²) in [6, 6.07) is 6.52. The van der Waals surface area contributed by atoms with E-state index in [9.17, 15) is 18.0 Å². The van der Waals surface area contributed by atoms with Crippen LogP contribution in [0.2, 0.25) is 0 Å². The highest BCUT2D eigenvalue weighted by molar-refractivity contribution is 9.10. The second-order valence-corrected chi connectivity index (χ2v) is 5.24. The highest BCUT2D eigenvalue weighted by atomic mass is 79.9. The molecule has 3 nitrogen and oxygen atoms in total. The van der Waals surface area contributed by atoms with E-state index in [1.807, 2.05) is 0 Å². The molecule has 1 aromatic rings. The molecule has 20 heavy (non-hydrogen) atoms. The Hall–Kier alpha value is -1.08. The highest BCUT2D eigenvalue weighted by Gasteiger charge is 2.40. The molecule has 0 bridgehead atoms. The van der Waals surface area contributed by atoms with Gasteiger partial charge in [-0.05, 0) is 31.5 Å². The van der Waals surface area contributed by atoms with E-state index in [4.69, 9.17) is 4.74 Å². The maximum atomic E-state index is 12.4. The lowest BCUT2D eigenvalue weighted by Crippen LogP contribution is -2.50. The molecule has 0 fully saturated rings. The smallest absolute Gasteiger partial charge is 0.401 e. The van der Waals surface area contributed by atoms with Gasteiger partial charge in [0.25, 0.3) is 0 Å². The highest BCUT2D eigenvalue weighted by Crippen LogP contribution is 2.27. The van der Waals surface area contributed by atoms with Crippen molar-refractivity contribution in [3.8, 4) is 0 Å². The normalized spacial score (nSPS) is 14.7. The number of hydrogen-bond acceptors (Lipinski definition) is 3. The lowest BCUT2D eigenvalue weighted by atomic mass is 9.92. The Bertz CT molecular complexity index is 479. The van der Waals surface area contributed by atoms with E-state index in [-0.39, 0.29) is 6.61 Å². The van der Waals surface area contributed by atoms with E-state index in [1.165, 1.54) is 6.92 Å². The lowest BCUT2D eigenvalue weighted by molar-refractivity contribution is -0.155. The van der Waals surface area contributed by atoms with Crippen molar-refractivity contribution in [2.75, 3.05) is 13.2 Å². The average Bonchev–Trinajstić information content (AvgIpc) is 2.35. The second-order valence-electron chi connectivity index (χ2n) is 4.32. The first-order chi connectivity index (χ1) is 9.19. The summed E-state index contributed by atoms with van der Waals surface area (Å²) in [4.78, 5) is 12.0. The van der Waals surface area contributed by atoms with Gasteiger partial charge < -0.3 is 4.74 Å². The molecule has 7 heteroatoms. The Morgan fingerprint density at radius 1 is 1.40 bits per heavy atom. The van der Waals surface area contributed by atoms with Crippen LogP contribution in [0.25, 0.3) is 0 Å². The fourth-order valence-corrected chi connectivity index (χ4v) is 2.04. The van der Waals surface area contributed by atoms with E-state index < -0.39 is 24.2 Å². The van der Waals surface area contributed by atoms with E-state index in [2.05, 4.69) is 21.2 Å². The third-order valence-corrected chi connectivity index (χ3v) is 3.22. The van der Waals surface area contributed by atoms with E-state index in [0.29, 0.717) is 10.0 Å². The van der Waals surface area contributed by atoms with Crippen LogP contribution in [0.15, 0.2) is 28.7 Å². The predicted molar refractivity (Wildman–Crippen MR) is 72.2 cm³/mol. The van der Waals surface area contributed by atoms with Crippen LogP contribution >= 0.6 is 15.9 Å². The minimum Gasteiger partial charge on any atom is -0.464 e. The molecule has 1 aromatic carbocycles. The van der Waals surface area contributed by atoms with E-state index >= 15 is 0 Å². The summed E-state index contributed by atoms with van der Waals surface area (Å²) in [7, 11) is 0. The minimum atomic E-state index is -4.42. The van der Waals surface area contributed by atoms with Crippen LogP contribution in [0.1, 0.15) is 19.4 Å². The van der Waals surface area contributed by atoms with Crippen molar-refractivity contribution in [1.82, 2.24) is 5.32 Å². The summed E-state index contributed by atoms with van der Waals surface area (Å²) in [5, 5.41) is 2.24. The van der Waals surface area contributed by atoms with Gasteiger partial charge >= 0.3 is 12.1 Å². The van der Waals surface area contributed by atoms with Crippen LogP contribution in [-0.4, -0.2) is 25.3 Å². The van der Waals surface area contributed by atoms with Gasteiger partial charge in [0.1, 0.15) is 5.54 Å². The molecule has 1 N–H and O–H groups in total. The maximum Gasteiger partial charge on any atom is 0.401 e. The first-order valence-corrected chi connectivity index (χ1v) is 6.73. The Kier molecular flexibility index (Phi) is 5.59. The van der Waals surface area contributed by atoms with Crippen molar-refractivity contribution >= 4 is 21.9 Å². The first kappa shape index (κ1) is 17.0. The first-order valence-electron chi connectivity index (χ1n) is 5.94. The summed E-state index contributed by atoms with van der Waals surface area (Å²) < 4.78 is 42.8. The largest absolute Gasteiger partial charge is 0.464 e. The number of carbonyl (C=O) groups is 1. The molecule has 0 saturated heterocycles. The second kappa shape index (κ2) is 6.58. The summed E-state index contributed by atoms with van der Waals surface area (Å²) in [5.74, 6) is -0.748. The molecule has 0 radical (unpaired) electrons. The van der Waals surface area contributed by atoms with Crippen molar-refractivity contribution in [3.05, 3.63) is 34.3 Å². The third kappa shape index (κ3) is 4.49. The number of benzene rings is 1. The number of hydrogen-bond donors (Lipinski definition) is 1. The Balaban J connectivity index is 3.09. The summed E-state index contributed by atoms with van der Waals surface area (Å²) in [6.45, 7) is 1.78. The van der Waals surface area contributed by atoms with Gasteiger partial charge in [-0.3, -0.25) is 5.32 Å². The molecule has 0 spiro atoms. The Morgan fingerprint density at radius 3 is 2.55 bits per heavy atom. The van der Waals surface area contributed by atoms with Crippen LogP contribution < -0.4 is 5.32 Å². The summed E-state index contributed by atoms with van der Waals surface area (Å²) in [6.07, 6.45) is -4.42. The molecule has 1 unspecified atom stereocenters. The van der Waals surface area contributed by atoms with E-state index in [1.54, 1.807) is 31.2 Å².